The largest absolute Gasteiger partial charge is 0.357 e. The van der Waals surface area contributed by atoms with Crippen molar-refractivity contribution in [2.75, 3.05) is 50.7 Å². The number of piperidine rings is 1. The Hall–Kier alpha value is -2.40. The summed E-state index contributed by atoms with van der Waals surface area (Å²) in [7, 11) is 0. The minimum Gasteiger partial charge on any atom is -0.357 e. The van der Waals surface area contributed by atoms with Crippen LogP contribution < -0.4 is 4.90 Å². The summed E-state index contributed by atoms with van der Waals surface area (Å²) in [5.41, 5.74) is 2.20. The SMILES string of the molecule is CCN1CCN(C(=O)c2ccnc(N3CCC(Cc4ccccc4)CC3)c2)CC1. The minimum absolute atomic E-state index is 0.142. The molecule has 0 atom stereocenters. The molecule has 0 radical (unpaired) electrons. The molecular formula is C24H32N4O. The highest BCUT2D eigenvalue weighted by Gasteiger charge is 2.24. The molecule has 4 rings (SSSR count). The number of nitrogens with zero attached hydrogens (tertiary/aromatic N) is 4. The van der Waals surface area contributed by atoms with E-state index in [0.717, 1.165) is 69.5 Å². The molecule has 154 valence electrons. The van der Waals surface area contributed by atoms with Crippen LogP contribution in [0.3, 0.4) is 0 Å². The average molecular weight is 393 g/mol. The van der Waals surface area contributed by atoms with Crippen LogP contribution in [0.25, 0.3) is 0 Å². The number of amides is 1. The first-order valence-corrected chi connectivity index (χ1v) is 11.0. The summed E-state index contributed by atoms with van der Waals surface area (Å²) >= 11 is 0. The smallest absolute Gasteiger partial charge is 0.254 e. The second-order valence-electron chi connectivity index (χ2n) is 8.25. The van der Waals surface area contributed by atoms with E-state index in [1.807, 2.05) is 17.0 Å². The van der Waals surface area contributed by atoms with E-state index in [9.17, 15) is 4.79 Å². The van der Waals surface area contributed by atoms with Crippen LogP contribution in [0.4, 0.5) is 5.82 Å². The van der Waals surface area contributed by atoms with Gasteiger partial charge in [0.15, 0.2) is 0 Å². The molecule has 2 saturated heterocycles. The zero-order chi connectivity index (χ0) is 20.1. The molecule has 5 heteroatoms. The Labute approximate surface area is 174 Å². The zero-order valence-corrected chi connectivity index (χ0v) is 17.5. The van der Waals surface area contributed by atoms with Gasteiger partial charge in [-0.2, -0.15) is 0 Å². The molecule has 29 heavy (non-hydrogen) atoms. The third-order valence-corrected chi connectivity index (χ3v) is 6.40. The van der Waals surface area contributed by atoms with Crippen molar-refractivity contribution in [3.05, 3.63) is 59.8 Å². The van der Waals surface area contributed by atoms with Crippen molar-refractivity contribution in [2.45, 2.75) is 26.2 Å². The predicted molar refractivity (Wildman–Crippen MR) is 117 cm³/mol. The highest BCUT2D eigenvalue weighted by Crippen LogP contribution is 2.25. The van der Waals surface area contributed by atoms with E-state index in [1.54, 1.807) is 6.20 Å². The number of aromatic nitrogens is 1. The quantitative estimate of drug-likeness (QED) is 0.783. The number of pyridine rings is 1. The molecule has 0 bridgehead atoms. The molecule has 0 aliphatic carbocycles. The maximum Gasteiger partial charge on any atom is 0.254 e. The number of benzene rings is 1. The first kappa shape index (κ1) is 19.9. The molecule has 5 nitrogen and oxygen atoms in total. The first-order valence-electron chi connectivity index (χ1n) is 11.0. The van der Waals surface area contributed by atoms with Gasteiger partial charge in [-0.3, -0.25) is 4.79 Å². The van der Waals surface area contributed by atoms with Gasteiger partial charge in [0, 0.05) is 51.0 Å². The Kier molecular flexibility index (Phi) is 6.45. The fourth-order valence-corrected chi connectivity index (χ4v) is 4.49. The molecule has 2 aliphatic heterocycles. The second kappa shape index (κ2) is 9.40. The number of hydrogen-bond donors (Lipinski definition) is 0. The highest BCUT2D eigenvalue weighted by atomic mass is 16.2. The number of likely N-dealkylation sites (N-methyl/N-ethyl adjacent to an activating group) is 1. The number of hydrogen-bond acceptors (Lipinski definition) is 4. The Morgan fingerprint density at radius 3 is 2.41 bits per heavy atom. The normalized spacial score (nSPS) is 18.8. The topological polar surface area (TPSA) is 39.7 Å². The molecular weight excluding hydrogens is 360 g/mol. The fourth-order valence-electron chi connectivity index (χ4n) is 4.49. The molecule has 1 aromatic carbocycles. The van der Waals surface area contributed by atoms with Crippen molar-refractivity contribution >= 4 is 11.7 Å². The summed E-state index contributed by atoms with van der Waals surface area (Å²) < 4.78 is 0. The van der Waals surface area contributed by atoms with Gasteiger partial charge in [-0.05, 0) is 49.4 Å². The van der Waals surface area contributed by atoms with Gasteiger partial charge < -0.3 is 14.7 Å². The summed E-state index contributed by atoms with van der Waals surface area (Å²) in [4.78, 5) is 24.2. The first-order chi connectivity index (χ1) is 14.2. The lowest BCUT2D eigenvalue weighted by atomic mass is 9.90. The van der Waals surface area contributed by atoms with Gasteiger partial charge in [-0.15, -0.1) is 0 Å². The average Bonchev–Trinajstić information content (AvgIpc) is 2.80. The van der Waals surface area contributed by atoms with Crippen molar-refractivity contribution < 1.29 is 4.79 Å². The van der Waals surface area contributed by atoms with Crippen LogP contribution in [0.2, 0.25) is 0 Å². The summed E-state index contributed by atoms with van der Waals surface area (Å²) in [6.45, 7) is 8.82. The highest BCUT2D eigenvalue weighted by molar-refractivity contribution is 5.95. The van der Waals surface area contributed by atoms with Crippen LogP contribution in [0.15, 0.2) is 48.7 Å². The van der Waals surface area contributed by atoms with Gasteiger partial charge >= 0.3 is 0 Å². The van der Waals surface area contributed by atoms with Crippen LogP contribution in [0.5, 0.6) is 0 Å². The summed E-state index contributed by atoms with van der Waals surface area (Å²) in [6, 6.07) is 14.6. The van der Waals surface area contributed by atoms with Crippen molar-refractivity contribution in [3.63, 3.8) is 0 Å². The van der Waals surface area contributed by atoms with Crippen LogP contribution in [0.1, 0.15) is 35.7 Å². The number of carbonyl (C=O) groups excluding carboxylic acids is 1. The lowest BCUT2D eigenvalue weighted by Gasteiger charge is -2.35. The van der Waals surface area contributed by atoms with Crippen LogP contribution in [-0.4, -0.2) is 66.5 Å². The lowest BCUT2D eigenvalue weighted by Crippen LogP contribution is -2.48. The molecule has 3 heterocycles. The van der Waals surface area contributed by atoms with Gasteiger partial charge in [0.2, 0.25) is 0 Å². The molecule has 2 aliphatic rings. The standard InChI is InChI=1S/C24H32N4O/c1-2-26-14-16-28(17-15-26)24(29)22-8-11-25-23(19-22)27-12-9-21(10-13-27)18-20-6-4-3-5-7-20/h3-8,11,19,21H,2,9-10,12-18H2,1H3. The van der Waals surface area contributed by atoms with Crippen LogP contribution in [0, 0.1) is 5.92 Å². The Bertz CT molecular complexity index is 794. The predicted octanol–water partition coefficient (Wildman–Crippen LogP) is 3.32. The van der Waals surface area contributed by atoms with Gasteiger partial charge in [-0.1, -0.05) is 37.3 Å². The molecule has 0 N–H and O–H groups in total. The third kappa shape index (κ3) is 4.96. The monoisotopic (exact) mass is 392 g/mol. The Morgan fingerprint density at radius 2 is 1.72 bits per heavy atom. The summed E-state index contributed by atoms with van der Waals surface area (Å²) in [5, 5.41) is 0. The number of rotatable bonds is 5. The van der Waals surface area contributed by atoms with Crippen molar-refractivity contribution in [3.8, 4) is 0 Å². The zero-order valence-electron chi connectivity index (χ0n) is 17.5. The number of piperazine rings is 1. The van der Waals surface area contributed by atoms with Crippen molar-refractivity contribution in [1.29, 1.82) is 0 Å². The Balaban J connectivity index is 1.34. The molecule has 2 fully saturated rings. The fraction of sp³-hybridized carbons (Fsp3) is 0.500. The van der Waals surface area contributed by atoms with Gasteiger partial charge in [0.25, 0.3) is 5.91 Å². The molecule has 1 amide bonds. The molecule has 0 spiro atoms. The van der Waals surface area contributed by atoms with Gasteiger partial charge in [-0.25, -0.2) is 4.98 Å². The molecule has 0 saturated carbocycles. The van der Waals surface area contributed by atoms with Gasteiger partial charge in [0.1, 0.15) is 5.82 Å². The van der Waals surface area contributed by atoms with Crippen molar-refractivity contribution in [2.24, 2.45) is 5.92 Å². The van der Waals surface area contributed by atoms with E-state index >= 15 is 0 Å². The van der Waals surface area contributed by atoms with Gasteiger partial charge in [0.05, 0.1) is 0 Å². The van der Waals surface area contributed by atoms with E-state index in [4.69, 9.17) is 0 Å². The summed E-state index contributed by atoms with van der Waals surface area (Å²) in [6.07, 6.45) is 5.30. The van der Waals surface area contributed by atoms with E-state index in [1.165, 1.54) is 18.4 Å². The van der Waals surface area contributed by atoms with E-state index in [-0.39, 0.29) is 5.91 Å². The number of anilines is 1. The van der Waals surface area contributed by atoms with E-state index in [0.29, 0.717) is 0 Å². The molecule has 2 aromatic rings. The maximum absolute atomic E-state index is 12.9. The Morgan fingerprint density at radius 1 is 1.00 bits per heavy atom. The van der Waals surface area contributed by atoms with Crippen LogP contribution >= 0.6 is 0 Å². The van der Waals surface area contributed by atoms with Crippen molar-refractivity contribution in [1.82, 2.24) is 14.8 Å². The molecule has 1 aromatic heterocycles. The lowest BCUT2D eigenvalue weighted by molar-refractivity contribution is 0.0643. The molecule has 0 unspecified atom stereocenters. The second-order valence-corrected chi connectivity index (χ2v) is 8.25. The van der Waals surface area contributed by atoms with E-state index < -0.39 is 0 Å². The maximum atomic E-state index is 12.9. The minimum atomic E-state index is 0.142. The number of carbonyl (C=O) groups is 1. The van der Waals surface area contributed by atoms with E-state index in [2.05, 4.69) is 52.0 Å². The van der Waals surface area contributed by atoms with Crippen LogP contribution in [-0.2, 0) is 6.42 Å². The third-order valence-electron chi connectivity index (χ3n) is 6.40. The summed E-state index contributed by atoms with van der Waals surface area (Å²) in [5.74, 6) is 1.82.